The highest BCUT2D eigenvalue weighted by Crippen LogP contribution is 2.26. The molecule has 96 valence electrons. The molecule has 1 atom stereocenters. The van der Waals surface area contributed by atoms with Gasteiger partial charge in [-0.3, -0.25) is 0 Å². The third-order valence-electron chi connectivity index (χ3n) is 3.71. The van der Waals surface area contributed by atoms with Crippen LogP contribution in [0.5, 0.6) is 0 Å². The molecule has 0 saturated heterocycles. The molecule has 1 saturated carbocycles. The lowest BCUT2D eigenvalue weighted by atomic mass is 9.85. The minimum Gasteiger partial charge on any atom is -0.314 e. The zero-order valence-corrected chi connectivity index (χ0v) is 11.5. The van der Waals surface area contributed by atoms with E-state index in [9.17, 15) is 0 Å². The first kappa shape index (κ1) is 14.0. The topological polar surface area (TPSA) is 15.3 Å². The van der Waals surface area contributed by atoms with Crippen molar-refractivity contribution >= 4 is 0 Å². The van der Waals surface area contributed by atoms with Crippen LogP contribution in [0.4, 0.5) is 0 Å². The van der Waals surface area contributed by atoms with Crippen LogP contribution in [0.1, 0.15) is 52.4 Å². The van der Waals surface area contributed by atoms with Gasteiger partial charge in [-0.15, -0.1) is 0 Å². The normalized spacial score (nSPS) is 18.8. The monoisotopic (exact) mass is 226 g/mol. The van der Waals surface area contributed by atoms with E-state index in [1.165, 1.54) is 58.2 Å². The number of nitrogens with zero attached hydrogens (tertiary/aromatic N) is 1. The van der Waals surface area contributed by atoms with Crippen LogP contribution in [0.3, 0.4) is 0 Å². The minimum atomic E-state index is 0.692. The van der Waals surface area contributed by atoms with Gasteiger partial charge in [0.1, 0.15) is 0 Å². The highest BCUT2D eigenvalue weighted by Gasteiger charge is 2.18. The average molecular weight is 226 g/mol. The second-order valence-electron chi connectivity index (χ2n) is 5.56. The maximum absolute atomic E-state index is 3.55. The van der Waals surface area contributed by atoms with Gasteiger partial charge in [0.25, 0.3) is 0 Å². The first-order chi connectivity index (χ1) is 7.72. The highest BCUT2D eigenvalue weighted by atomic mass is 15.1. The molecule has 0 heterocycles. The van der Waals surface area contributed by atoms with Crippen LogP contribution in [-0.2, 0) is 0 Å². The van der Waals surface area contributed by atoms with Crippen molar-refractivity contribution in [2.75, 3.05) is 26.7 Å². The Labute approximate surface area is 102 Å². The average Bonchev–Trinajstić information content (AvgIpc) is 2.20. The fourth-order valence-electron chi connectivity index (χ4n) is 2.37. The zero-order chi connectivity index (χ0) is 11.8. The van der Waals surface area contributed by atoms with Gasteiger partial charge in [-0.1, -0.05) is 13.3 Å². The van der Waals surface area contributed by atoms with Crippen molar-refractivity contribution in [1.29, 1.82) is 0 Å². The molecule has 1 rings (SSSR count). The van der Waals surface area contributed by atoms with Gasteiger partial charge in [0.15, 0.2) is 0 Å². The molecule has 0 spiro atoms. The maximum Gasteiger partial charge on any atom is 0.00391 e. The molecule has 2 nitrogen and oxygen atoms in total. The SMILES string of the molecule is CCCNC(C)CCCN(C)CC1CCC1. The van der Waals surface area contributed by atoms with Crippen molar-refractivity contribution in [2.45, 2.75) is 58.4 Å². The Morgan fingerprint density at radius 3 is 2.69 bits per heavy atom. The summed E-state index contributed by atoms with van der Waals surface area (Å²) in [5.74, 6) is 1.01. The quantitative estimate of drug-likeness (QED) is 0.650. The largest absolute Gasteiger partial charge is 0.314 e. The molecular weight excluding hydrogens is 196 g/mol. The van der Waals surface area contributed by atoms with Crippen molar-refractivity contribution in [3.63, 3.8) is 0 Å². The van der Waals surface area contributed by atoms with Crippen LogP contribution in [0.2, 0.25) is 0 Å². The van der Waals surface area contributed by atoms with E-state index >= 15 is 0 Å². The number of rotatable bonds is 9. The third-order valence-corrected chi connectivity index (χ3v) is 3.71. The standard InChI is InChI=1S/C14H30N2/c1-4-10-15-13(2)7-6-11-16(3)12-14-8-5-9-14/h13-15H,4-12H2,1-3H3. The van der Waals surface area contributed by atoms with Crippen LogP contribution in [0, 0.1) is 5.92 Å². The predicted octanol–water partition coefficient (Wildman–Crippen LogP) is 2.89. The van der Waals surface area contributed by atoms with Gasteiger partial charge >= 0.3 is 0 Å². The molecule has 1 fully saturated rings. The van der Waals surface area contributed by atoms with Gasteiger partial charge in [-0.05, 0) is 65.1 Å². The lowest BCUT2D eigenvalue weighted by Crippen LogP contribution is -2.32. The van der Waals surface area contributed by atoms with Crippen LogP contribution in [0.25, 0.3) is 0 Å². The van der Waals surface area contributed by atoms with E-state index in [2.05, 4.69) is 31.1 Å². The van der Waals surface area contributed by atoms with Crippen molar-refractivity contribution in [1.82, 2.24) is 10.2 Å². The first-order valence-electron chi connectivity index (χ1n) is 7.14. The molecule has 16 heavy (non-hydrogen) atoms. The first-order valence-corrected chi connectivity index (χ1v) is 7.14. The van der Waals surface area contributed by atoms with Crippen LogP contribution >= 0.6 is 0 Å². The molecule has 0 bridgehead atoms. The molecule has 1 aliphatic rings. The van der Waals surface area contributed by atoms with Gasteiger partial charge in [-0.2, -0.15) is 0 Å². The fourth-order valence-corrected chi connectivity index (χ4v) is 2.37. The summed E-state index contributed by atoms with van der Waals surface area (Å²) in [6.45, 7) is 8.30. The Hall–Kier alpha value is -0.0800. The Balaban J connectivity index is 1.92. The third kappa shape index (κ3) is 5.86. The Kier molecular flexibility index (Phi) is 7.06. The summed E-state index contributed by atoms with van der Waals surface area (Å²) in [7, 11) is 2.28. The molecule has 2 heteroatoms. The summed E-state index contributed by atoms with van der Waals surface area (Å²) in [6, 6.07) is 0.692. The van der Waals surface area contributed by atoms with E-state index in [-0.39, 0.29) is 0 Å². The molecule has 1 N–H and O–H groups in total. The Bertz CT molecular complexity index is 166. The number of hydrogen-bond donors (Lipinski definition) is 1. The molecule has 0 aromatic rings. The van der Waals surface area contributed by atoms with E-state index in [1.54, 1.807) is 0 Å². The summed E-state index contributed by atoms with van der Waals surface area (Å²) >= 11 is 0. The molecule has 0 radical (unpaired) electrons. The minimum absolute atomic E-state index is 0.692. The smallest absolute Gasteiger partial charge is 0.00391 e. The molecule has 0 aromatic carbocycles. The van der Waals surface area contributed by atoms with Gasteiger partial charge in [0, 0.05) is 12.6 Å². The zero-order valence-electron chi connectivity index (χ0n) is 11.5. The predicted molar refractivity (Wildman–Crippen MR) is 71.8 cm³/mol. The molecule has 0 aromatic heterocycles. The molecular formula is C14H30N2. The van der Waals surface area contributed by atoms with Gasteiger partial charge < -0.3 is 10.2 Å². The summed E-state index contributed by atoms with van der Waals surface area (Å²) < 4.78 is 0. The molecule has 0 amide bonds. The van der Waals surface area contributed by atoms with Gasteiger partial charge in [0.05, 0.1) is 0 Å². The van der Waals surface area contributed by atoms with Crippen molar-refractivity contribution in [2.24, 2.45) is 5.92 Å². The molecule has 1 unspecified atom stereocenters. The van der Waals surface area contributed by atoms with Crippen LogP contribution in [0.15, 0.2) is 0 Å². The number of hydrogen-bond acceptors (Lipinski definition) is 2. The second kappa shape index (κ2) is 8.08. The lowest BCUT2D eigenvalue weighted by molar-refractivity contribution is 0.202. The van der Waals surface area contributed by atoms with E-state index in [0.717, 1.165) is 5.92 Å². The molecule has 1 aliphatic carbocycles. The summed E-state index contributed by atoms with van der Waals surface area (Å²) in [5, 5.41) is 3.55. The van der Waals surface area contributed by atoms with Crippen LogP contribution < -0.4 is 5.32 Å². The van der Waals surface area contributed by atoms with E-state index in [4.69, 9.17) is 0 Å². The number of nitrogens with one attached hydrogen (secondary N) is 1. The summed E-state index contributed by atoms with van der Waals surface area (Å²) in [6.07, 6.45) is 8.30. The van der Waals surface area contributed by atoms with E-state index in [1.807, 2.05) is 0 Å². The van der Waals surface area contributed by atoms with Crippen LogP contribution in [-0.4, -0.2) is 37.6 Å². The van der Waals surface area contributed by atoms with Gasteiger partial charge in [-0.25, -0.2) is 0 Å². The molecule has 0 aliphatic heterocycles. The lowest BCUT2D eigenvalue weighted by Gasteiger charge is -2.30. The highest BCUT2D eigenvalue weighted by molar-refractivity contribution is 4.72. The van der Waals surface area contributed by atoms with Gasteiger partial charge in [0.2, 0.25) is 0 Å². The van der Waals surface area contributed by atoms with Crippen molar-refractivity contribution < 1.29 is 0 Å². The van der Waals surface area contributed by atoms with Crippen molar-refractivity contribution in [3.05, 3.63) is 0 Å². The van der Waals surface area contributed by atoms with E-state index in [0.29, 0.717) is 6.04 Å². The maximum atomic E-state index is 3.55. The summed E-state index contributed by atoms with van der Waals surface area (Å²) in [4.78, 5) is 2.52. The van der Waals surface area contributed by atoms with E-state index < -0.39 is 0 Å². The Morgan fingerprint density at radius 2 is 2.12 bits per heavy atom. The van der Waals surface area contributed by atoms with Crippen molar-refractivity contribution in [3.8, 4) is 0 Å². The Morgan fingerprint density at radius 1 is 1.38 bits per heavy atom. The fraction of sp³-hybridized carbons (Fsp3) is 1.00. The second-order valence-corrected chi connectivity index (χ2v) is 5.56. The summed E-state index contributed by atoms with van der Waals surface area (Å²) in [5.41, 5.74) is 0.